The number of ether oxygens (including phenoxy) is 2. The summed E-state index contributed by atoms with van der Waals surface area (Å²) in [5.74, 6) is 3.47. The summed E-state index contributed by atoms with van der Waals surface area (Å²) in [4.78, 5) is 0. The molecule has 0 radical (unpaired) electrons. The SMILES string of the molecule is CCCCCCC[C@]1(C#N)CO[C@H]([C@H]2CC[C@@H]([C@H]3CC[C@H](CCCCC)CC3)CC2)OC1. The largest absolute Gasteiger partial charge is 0.351 e. The van der Waals surface area contributed by atoms with Gasteiger partial charge in [-0.2, -0.15) is 5.26 Å². The van der Waals surface area contributed by atoms with Gasteiger partial charge in [-0.15, -0.1) is 0 Å². The van der Waals surface area contributed by atoms with Crippen molar-refractivity contribution in [2.24, 2.45) is 29.1 Å². The van der Waals surface area contributed by atoms with Crippen LogP contribution >= 0.6 is 0 Å². The van der Waals surface area contributed by atoms with Crippen LogP contribution in [0.4, 0.5) is 0 Å². The van der Waals surface area contributed by atoms with Crippen LogP contribution in [0.5, 0.6) is 0 Å². The first-order valence-corrected chi connectivity index (χ1v) is 14.3. The highest BCUT2D eigenvalue weighted by atomic mass is 16.7. The lowest BCUT2D eigenvalue weighted by molar-refractivity contribution is -0.244. The number of hydrogen-bond donors (Lipinski definition) is 0. The molecule has 0 aromatic rings. The molecule has 0 bridgehead atoms. The van der Waals surface area contributed by atoms with Crippen molar-refractivity contribution in [3.05, 3.63) is 0 Å². The minimum atomic E-state index is -0.407. The van der Waals surface area contributed by atoms with Crippen molar-refractivity contribution < 1.29 is 9.47 Å². The van der Waals surface area contributed by atoms with Gasteiger partial charge in [-0.1, -0.05) is 84.5 Å². The van der Waals surface area contributed by atoms with E-state index in [1.807, 2.05) is 0 Å². The van der Waals surface area contributed by atoms with E-state index >= 15 is 0 Å². The van der Waals surface area contributed by atoms with E-state index in [1.165, 1.54) is 103 Å². The Bertz CT molecular complexity index is 532. The Hall–Kier alpha value is -0.590. The van der Waals surface area contributed by atoms with Crippen molar-refractivity contribution in [3.63, 3.8) is 0 Å². The maximum absolute atomic E-state index is 9.79. The van der Waals surface area contributed by atoms with E-state index in [9.17, 15) is 5.26 Å². The Kier molecular flexibility index (Phi) is 11.4. The Morgan fingerprint density at radius 2 is 1.22 bits per heavy atom. The molecular weight excluding hydrogens is 394 g/mol. The Morgan fingerprint density at radius 3 is 1.81 bits per heavy atom. The van der Waals surface area contributed by atoms with Crippen LogP contribution in [0.3, 0.4) is 0 Å². The molecule has 32 heavy (non-hydrogen) atoms. The number of hydrogen-bond acceptors (Lipinski definition) is 3. The first-order valence-electron chi connectivity index (χ1n) is 14.3. The third-order valence-electron chi connectivity index (χ3n) is 9.02. The molecule has 2 aliphatic carbocycles. The second kappa shape index (κ2) is 14.0. The van der Waals surface area contributed by atoms with Gasteiger partial charge in [0, 0.05) is 5.92 Å². The molecule has 0 atom stereocenters. The van der Waals surface area contributed by atoms with Crippen molar-refractivity contribution in [1.29, 1.82) is 5.26 Å². The summed E-state index contributed by atoms with van der Waals surface area (Å²) in [6, 6.07) is 2.55. The zero-order valence-corrected chi connectivity index (χ0v) is 21.3. The Morgan fingerprint density at radius 1 is 0.688 bits per heavy atom. The smallest absolute Gasteiger partial charge is 0.160 e. The third kappa shape index (κ3) is 7.73. The standard InChI is InChI=1S/C29H51NO2/c1-3-5-7-8-10-20-29(21-30)22-31-28(32-23-29)27-18-16-26(17-19-27)25-14-12-24(13-15-25)11-9-6-4-2/h24-28H,3-20,22-23H2,1-2H3/t24-,25-,26-,27+,28-,29-. The number of nitrogens with zero attached hydrogens (tertiary/aromatic N) is 1. The fourth-order valence-corrected chi connectivity index (χ4v) is 6.70. The summed E-state index contributed by atoms with van der Waals surface area (Å²) >= 11 is 0. The van der Waals surface area contributed by atoms with Crippen LogP contribution in [0.15, 0.2) is 0 Å². The average Bonchev–Trinajstić information content (AvgIpc) is 2.85. The van der Waals surface area contributed by atoms with Gasteiger partial charge in [-0.05, 0) is 62.7 Å². The molecule has 3 rings (SSSR count). The molecule has 3 fully saturated rings. The molecular formula is C29H51NO2. The molecule has 0 aromatic carbocycles. The molecule has 0 unspecified atom stereocenters. The highest BCUT2D eigenvalue weighted by Crippen LogP contribution is 2.44. The van der Waals surface area contributed by atoms with Crippen molar-refractivity contribution in [3.8, 4) is 6.07 Å². The minimum Gasteiger partial charge on any atom is -0.351 e. The minimum absolute atomic E-state index is 0.0631. The van der Waals surface area contributed by atoms with Gasteiger partial charge >= 0.3 is 0 Å². The first-order chi connectivity index (χ1) is 15.7. The fourth-order valence-electron chi connectivity index (χ4n) is 6.70. The Balaban J connectivity index is 1.33. The van der Waals surface area contributed by atoms with Gasteiger partial charge in [0.05, 0.1) is 19.3 Å². The van der Waals surface area contributed by atoms with E-state index in [2.05, 4.69) is 19.9 Å². The summed E-state index contributed by atoms with van der Waals surface area (Å²) < 4.78 is 12.4. The van der Waals surface area contributed by atoms with Gasteiger partial charge in [0.25, 0.3) is 0 Å². The normalized spacial score (nSPS) is 36.0. The quantitative estimate of drug-likeness (QED) is 0.283. The van der Waals surface area contributed by atoms with Gasteiger partial charge in [0.2, 0.25) is 0 Å². The van der Waals surface area contributed by atoms with E-state index in [-0.39, 0.29) is 6.29 Å². The third-order valence-corrected chi connectivity index (χ3v) is 9.02. The Labute approximate surface area is 199 Å². The van der Waals surface area contributed by atoms with Crippen LogP contribution in [-0.2, 0) is 9.47 Å². The van der Waals surface area contributed by atoms with Crippen LogP contribution in [0, 0.1) is 40.4 Å². The first kappa shape index (κ1) is 26.0. The molecule has 0 spiro atoms. The van der Waals surface area contributed by atoms with Gasteiger partial charge < -0.3 is 9.47 Å². The van der Waals surface area contributed by atoms with E-state index in [1.54, 1.807) is 0 Å². The van der Waals surface area contributed by atoms with Gasteiger partial charge in [0.1, 0.15) is 5.41 Å². The topological polar surface area (TPSA) is 42.2 Å². The van der Waals surface area contributed by atoms with Crippen LogP contribution in [0.25, 0.3) is 0 Å². The number of rotatable bonds is 12. The lowest BCUT2D eigenvalue weighted by Crippen LogP contribution is -2.44. The van der Waals surface area contributed by atoms with Crippen molar-refractivity contribution in [2.45, 2.75) is 136 Å². The molecule has 1 heterocycles. The average molecular weight is 446 g/mol. The molecule has 0 N–H and O–H groups in total. The second-order valence-corrected chi connectivity index (χ2v) is 11.5. The van der Waals surface area contributed by atoms with Crippen LogP contribution in [0.2, 0.25) is 0 Å². The highest BCUT2D eigenvalue weighted by Gasteiger charge is 2.41. The molecule has 184 valence electrons. The van der Waals surface area contributed by atoms with Crippen LogP contribution in [0.1, 0.15) is 129 Å². The maximum Gasteiger partial charge on any atom is 0.160 e. The maximum atomic E-state index is 9.79. The summed E-state index contributed by atoms with van der Waals surface area (Å²) in [6.45, 7) is 5.70. The summed E-state index contributed by atoms with van der Waals surface area (Å²) in [7, 11) is 0. The monoisotopic (exact) mass is 445 g/mol. The summed E-state index contributed by atoms with van der Waals surface area (Å²) in [5, 5.41) is 9.79. The molecule has 3 heteroatoms. The van der Waals surface area contributed by atoms with Gasteiger partial charge in [0.15, 0.2) is 6.29 Å². The molecule has 3 aliphatic rings. The van der Waals surface area contributed by atoms with Gasteiger partial charge in [-0.3, -0.25) is 0 Å². The summed E-state index contributed by atoms with van der Waals surface area (Å²) in [6.07, 6.45) is 23.9. The highest BCUT2D eigenvalue weighted by molar-refractivity contribution is 5.01. The van der Waals surface area contributed by atoms with Crippen LogP contribution in [-0.4, -0.2) is 19.5 Å². The van der Waals surface area contributed by atoms with Gasteiger partial charge in [-0.25, -0.2) is 0 Å². The van der Waals surface area contributed by atoms with E-state index < -0.39 is 5.41 Å². The van der Waals surface area contributed by atoms with E-state index in [0.29, 0.717) is 19.1 Å². The van der Waals surface area contributed by atoms with Crippen molar-refractivity contribution in [1.82, 2.24) is 0 Å². The zero-order valence-electron chi connectivity index (χ0n) is 21.3. The predicted molar refractivity (Wildman–Crippen MR) is 132 cm³/mol. The second-order valence-electron chi connectivity index (χ2n) is 11.5. The van der Waals surface area contributed by atoms with Crippen LogP contribution < -0.4 is 0 Å². The zero-order chi connectivity index (χ0) is 22.7. The fraction of sp³-hybridized carbons (Fsp3) is 0.966. The lowest BCUT2D eigenvalue weighted by atomic mass is 9.68. The molecule has 1 aliphatic heterocycles. The lowest BCUT2D eigenvalue weighted by Gasteiger charge is -2.42. The predicted octanol–water partition coefficient (Wildman–Crippen LogP) is 8.42. The molecule has 2 saturated carbocycles. The molecule has 0 amide bonds. The molecule has 1 saturated heterocycles. The van der Waals surface area contributed by atoms with E-state index in [0.717, 1.165) is 30.6 Å². The van der Waals surface area contributed by atoms with Crippen molar-refractivity contribution in [2.75, 3.05) is 13.2 Å². The van der Waals surface area contributed by atoms with Crippen molar-refractivity contribution >= 4 is 0 Å². The number of unbranched alkanes of at least 4 members (excludes halogenated alkanes) is 6. The summed E-state index contributed by atoms with van der Waals surface area (Å²) in [5.41, 5.74) is -0.407. The number of nitriles is 1. The molecule has 3 nitrogen and oxygen atoms in total. The van der Waals surface area contributed by atoms with E-state index in [4.69, 9.17) is 9.47 Å². The molecule has 0 aromatic heterocycles.